The molecule has 0 radical (unpaired) electrons. The molecule has 4 aromatic rings. The lowest BCUT2D eigenvalue weighted by atomic mass is 10.1. The minimum Gasteiger partial charge on any atom is -0.495 e. The number of aliphatic hydroxyl groups is 1. The van der Waals surface area contributed by atoms with Crippen molar-refractivity contribution in [1.82, 2.24) is 14.4 Å². The van der Waals surface area contributed by atoms with E-state index in [-0.39, 0.29) is 6.61 Å². The van der Waals surface area contributed by atoms with Crippen LogP contribution >= 0.6 is 11.6 Å². The molecule has 33 heavy (non-hydrogen) atoms. The van der Waals surface area contributed by atoms with Gasteiger partial charge in [0, 0.05) is 62.1 Å². The van der Waals surface area contributed by atoms with Crippen molar-refractivity contribution in [3.8, 4) is 17.0 Å². The van der Waals surface area contributed by atoms with Gasteiger partial charge in [0.1, 0.15) is 17.2 Å². The van der Waals surface area contributed by atoms with E-state index in [1.165, 1.54) is 5.56 Å². The topological polar surface area (TPSA) is 66.1 Å². The number of halogens is 1. The Hall–Kier alpha value is -3.29. The molecule has 1 fully saturated rings. The van der Waals surface area contributed by atoms with Gasteiger partial charge < -0.3 is 24.0 Å². The highest BCUT2D eigenvalue weighted by Gasteiger charge is 2.19. The summed E-state index contributed by atoms with van der Waals surface area (Å²) in [6.07, 6.45) is 5.86. The van der Waals surface area contributed by atoms with E-state index in [1.54, 1.807) is 19.2 Å². The number of fused-ring (bicyclic) bond motifs is 1. The standard InChI is InChI=1S/C25H26ClN5O2/c1-17-3-5-27-24(11-17)30-9-7-29(8-10-30)19-4-6-31-15-22(28-25(31)13-19)20-14-21(26)23(33-2)12-18(20)16-32/h3-6,11-15,32H,7-10,16H2,1-2H3. The second-order valence-electron chi connectivity index (χ2n) is 8.24. The summed E-state index contributed by atoms with van der Waals surface area (Å²) in [6.45, 7) is 5.65. The van der Waals surface area contributed by atoms with Crippen molar-refractivity contribution < 1.29 is 9.84 Å². The molecule has 0 saturated carbocycles. The van der Waals surface area contributed by atoms with E-state index in [9.17, 15) is 5.11 Å². The van der Waals surface area contributed by atoms with Crippen LogP contribution in [0.25, 0.3) is 16.9 Å². The molecule has 0 bridgehead atoms. The number of methoxy groups -OCH3 is 1. The predicted molar refractivity (Wildman–Crippen MR) is 132 cm³/mol. The Labute approximate surface area is 197 Å². The van der Waals surface area contributed by atoms with E-state index in [1.807, 2.05) is 29.1 Å². The molecule has 0 aliphatic carbocycles. The van der Waals surface area contributed by atoms with Gasteiger partial charge in [-0.15, -0.1) is 0 Å². The second kappa shape index (κ2) is 8.92. The van der Waals surface area contributed by atoms with Gasteiger partial charge >= 0.3 is 0 Å². The zero-order chi connectivity index (χ0) is 22.9. The van der Waals surface area contributed by atoms with Gasteiger partial charge in [0.05, 0.1) is 24.4 Å². The number of benzene rings is 1. The number of hydrogen-bond acceptors (Lipinski definition) is 6. The molecule has 5 rings (SSSR count). The summed E-state index contributed by atoms with van der Waals surface area (Å²) in [5.74, 6) is 1.58. The zero-order valence-electron chi connectivity index (χ0n) is 18.7. The number of imidazole rings is 1. The number of ether oxygens (including phenoxy) is 1. The van der Waals surface area contributed by atoms with Crippen LogP contribution in [0.1, 0.15) is 11.1 Å². The van der Waals surface area contributed by atoms with Crippen molar-refractivity contribution in [1.29, 1.82) is 0 Å². The van der Waals surface area contributed by atoms with E-state index in [4.69, 9.17) is 21.3 Å². The highest BCUT2D eigenvalue weighted by molar-refractivity contribution is 6.32. The van der Waals surface area contributed by atoms with Gasteiger partial charge in [0.2, 0.25) is 0 Å². The number of anilines is 2. The van der Waals surface area contributed by atoms with E-state index in [0.717, 1.165) is 60.2 Å². The van der Waals surface area contributed by atoms with Crippen LogP contribution in [-0.4, -0.2) is 52.8 Å². The normalized spacial score (nSPS) is 14.2. The first kappa shape index (κ1) is 21.6. The zero-order valence-corrected chi connectivity index (χ0v) is 19.5. The first-order chi connectivity index (χ1) is 16.1. The maximum absolute atomic E-state index is 9.85. The Kier molecular flexibility index (Phi) is 5.83. The fourth-order valence-corrected chi connectivity index (χ4v) is 4.55. The Bertz CT molecular complexity index is 1300. The smallest absolute Gasteiger partial charge is 0.139 e. The molecule has 1 aromatic carbocycles. The second-order valence-corrected chi connectivity index (χ2v) is 8.65. The summed E-state index contributed by atoms with van der Waals surface area (Å²) >= 11 is 6.34. The average Bonchev–Trinajstić information content (AvgIpc) is 3.27. The Morgan fingerprint density at radius 2 is 1.85 bits per heavy atom. The van der Waals surface area contributed by atoms with E-state index in [0.29, 0.717) is 10.8 Å². The summed E-state index contributed by atoms with van der Waals surface area (Å²) in [5.41, 5.74) is 5.50. The van der Waals surface area contributed by atoms with Crippen LogP contribution in [0.4, 0.5) is 11.5 Å². The molecule has 3 aromatic heterocycles. The van der Waals surface area contributed by atoms with Crippen molar-refractivity contribution in [3.05, 3.63) is 71.1 Å². The largest absolute Gasteiger partial charge is 0.495 e. The molecule has 1 aliphatic heterocycles. The maximum atomic E-state index is 9.85. The van der Waals surface area contributed by atoms with Gasteiger partial charge in [0.25, 0.3) is 0 Å². The fraction of sp³-hybridized carbons (Fsp3) is 0.280. The molecular formula is C25H26ClN5O2. The molecule has 0 atom stereocenters. The van der Waals surface area contributed by atoms with Crippen molar-refractivity contribution in [2.75, 3.05) is 43.1 Å². The number of hydrogen-bond donors (Lipinski definition) is 1. The number of aromatic nitrogens is 3. The average molecular weight is 464 g/mol. The third-order valence-electron chi connectivity index (χ3n) is 6.14. The highest BCUT2D eigenvalue weighted by Crippen LogP contribution is 2.34. The molecule has 0 amide bonds. The number of nitrogens with zero attached hydrogens (tertiary/aromatic N) is 5. The van der Waals surface area contributed by atoms with Crippen LogP contribution in [0, 0.1) is 6.92 Å². The van der Waals surface area contributed by atoms with E-state index in [2.05, 4.69) is 39.9 Å². The molecule has 7 nitrogen and oxygen atoms in total. The van der Waals surface area contributed by atoms with Crippen LogP contribution in [-0.2, 0) is 6.61 Å². The van der Waals surface area contributed by atoms with Gasteiger partial charge in [-0.1, -0.05) is 11.6 Å². The molecular weight excluding hydrogens is 438 g/mol. The minimum absolute atomic E-state index is 0.123. The van der Waals surface area contributed by atoms with Crippen molar-refractivity contribution in [3.63, 3.8) is 0 Å². The lowest BCUT2D eigenvalue weighted by Crippen LogP contribution is -2.46. The van der Waals surface area contributed by atoms with Crippen LogP contribution in [0.3, 0.4) is 0 Å². The molecule has 0 spiro atoms. The van der Waals surface area contributed by atoms with Crippen molar-refractivity contribution in [2.45, 2.75) is 13.5 Å². The Morgan fingerprint density at radius 1 is 1.06 bits per heavy atom. The van der Waals surface area contributed by atoms with Crippen LogP contribution in [0.2, 0.25) is 5.02 Å². The summed E-state index contributed by atoms with van der Waals surface area (Å²) in [7, 11) is 1.56. The van der Waals surface area contributed by atoms with Crippen molar-refractivity contribution in [2.24, 2.45) is 0 Å². The van der Waals surface area contributed by atoms with Gasteiger partial charge in [-0.25, -0.2) is 9.97 Å². The quantitative estimate of drug-likeness (QED) is 0.479. The summed E-state index contributed by atoms with van der Waals surface area (Å²) in [5, 5.41) is 10.3. The third kappa shape index (κ3) is 4.21. The summed E-state index contributed by atoms with van der Waals surface area (Å²) in [6, 6.07) is 11.9. The molecule has 1 aliphatic rings. The first-order valence-corrected chi connectivity index (χ1v) is 11.3. The lowest BCUT2D eigenvalue weighted by molar-refractivity contribution is 0.281. The molecule has 4 heterocycles. The predicted octanol–water partition coefficient (Wildman–Crippen LogP) is 4.19. The van der Waals surface area contributed by atoms with Crippen LogP contribution in [0.5, 0.6) is 5.75 Å². The van der Waals surface area contributed by atoms with Gasteiger partial charge in [0.15, 0.2) is 0 Å². The first-order valence-electron chi connectivity index (χ1n) is 10.9. The maximum Gasteiger partial charge on any atom is 0.139 e. The Balaban J connectivity index is 1.38. The summed E-state index contributed by atoms with van der Waals surface area (Å²) < 4.78 is 7.27. The molecule has 1 N–H and O–H groups in total. The number of pyridine rings is 2. The number of rotatable bonds is 5. The number of aryl methyl sites for hydroxylation is 1. The highest BCUT2D eigenvalue weighted by atomic mass is 35.5. The van der Waals surface area contributed by atoms with E-state index < -0.39 is 0 Å². The lowest BCUT2D eigenvalue weighted by Gasteiger charge is -2.36. The van der Waals surface area contributed by atoms with Crippen LogP contribution < -0.4 is 14.5 Å². The molecule has 0 unspecified atom stereocenters. The van der Waals surface area contributed by atoms with Crippen LogP contribution in [0.15, 0.2) is 55.0 Å². The van der Waals surface area contributed by atoms with E-state index >= 15 is 0 Å². The SMILES string of the molecule is COc1cc(CO)c(-c2cn3ccc(N4CCN(c5cc(C)ccn5)CC4)cc3n2)cc1Cl. The van der Waals surface area contributed by atoms with Gasteiger partial charge in [-0.2, -0.15) is 0 Å². The molecule has 1 saturated heterocycles. The summed E-state index contributed by atoms with van der Waals surface area (Å²) in [4.78, 5) is 14.1. The molecule has 8 heteroatoms. The Morgan fingerprint density at radius 3 is 2.58 bits per heavy atom. The third-order valence-corrected chi connectivity index (χ3v) is 6.43. The van der Waals surface area contributed by atoms with Crippen molar-refractivity contribution >= 4 is 28.8 Å². The molecule has 170 valence electrons. The minimum atomic E-state index is -0.123. The van der Waals surface area contributed by atoms with Gasteiger partial charge in [-0.3, -0.25) is 0 Å². The fourth-order valence-electron chi connectivity index (χ4n) is 4.31. The number of piperazine rings is 1. The van der Waals surface area contributed by atoms with Gasteiger partial charge in [-0.05, 0) is 48.4 Å². The monoisotopic (exact) mass is 463 g/mol. The number of aliphatic hydroxyl groups excluding tert-OH is 1.